The molecule has 0 saturated carbocycles. The smallest absolute Gasteiger partial charge is 0.335 e. The van der Waals surface area contributed by atoms with E-state index in [2.05, 4.69) is 43.1 Å². The Morgan fingerprint density at radius 3 is 2.82 bits per heavy atom. The minimum absolute atomic E-state index is 0.246. The van der Waals surface area contributed by atoms with Gasteiger partial charge in [-0.3, -0.25) is 5.43 Å². The number of fused-ring (bicyclic) bond motifs is 1. The highest BCUT2D eigenvalue weighted by Gasteiger charge is 2.06. The van der Waals surface area contributed by atoms with Crippen molar-refractivity contribution < 1.29 is 9.90 Å². The summed E-state index contributed by atoms with van der Waals surface area (Å²) in [6.45, 7) is 0. The average Bonchev–Trinajstić information content (AvgIpc) is 2.89. The highest BCUT2D eigenvalue weighted by atomic mass is 127. The molecule has 0 amide bonds. The van der Waals surface area contributed by atoms with E-state index in [0.29, 0.717) is 5.82 Å². The van der Waals surface area contributed by atoms with Gasteiger partial charge in [-0.25, -0.2) is 14.8 Å². The van der Waals surface area contributed by atoms with Gasteiger partial charge in [0.05, 0.1) is 24.9 Å². The first kappa shape index (κ1) is 14.9. The lowest BCUT2D eigenvalue weighted by Crippen LogP contribution is -1.97. The van der Waals surface area contributed by atoms with Crippen LogP contribution in [0.3, 0.4) is 0 Å². The first-order chi connectivity index (χ1) is 10.6. The number of aromatic nitrogens is 2. The number of nitrogens with one attached hydrogen (secondary N) is 1. The number of rotatable bonds is 4. The Labute approximate surface area is 143 Å². The maximum atomic E-state index is 10.8. The summed E-state index contributed by atoms with van der Waals surface area (Å²) in [6, 6.07) is 8.45. The van der Waals surface area contributed by atoms with Crippen molar-refractivity contribution in [2.24, 2.45) is 5.10 Å². The molecule has 0 bridgehead atoms. The Hall–Kier alpha value is -2.07. The summed E-state index contributed by atoms with van der Waals surface area (Å²) < 4.78 is 2.08. The van der Waals surface area contributed by atoms with E-state index in [4.69, 9.17) is 5.11 Å². The Bertz CT molecular complexity index is 861. The Morgan fingerprint density at radius 1 is 1.32 bits per heavy atom. The van der Waals surface area contributed by atoms with Crippen LogP contribution in [0.25, 0.3) is 10.2 Å². The predicted octanol–water partition coefficient (Wildman–Crippen LogP) is 3.44. The van der Waals surface area contributed by atoms with Gasteiger partial charge in [-0.05, 0) is 46.4 Å². The molecular weight excluding hydrogens is 415 g/mol. The minimum atomic E-state index is -0.947. The minimum Gasteiger partial charge on any atom is -0.478 e. The Kier molecular flexibility index (Phi) is 4.29. The fourth-order valence-electron chi connectivity index (χ4n) is 1.78. The molecule has 3 aromatic rings. The van der Waals surface area contributed by atoms with Crippen molar-refractivity contribution in [1.82, 2.24) is 9.97 Å². The number of benzene rings is 1. The fourth-order valence-corrected chi connectivity index (χ4v) is 3.52. The molecule has 1 aromatic carbocycles. The topological polar surface area (TPSA) is 87.5 Å². The van der Waals surface area contributed by atoms with Gasteiger partial charge < -0.3 is 5.11 Å². The zero-order valence-corrected chi connectivity index (χ0v) is 14.0. The number of hydrazone groups is 1. The second-order valence-corrected chi connectivity index (χ2v) is 7.23. The summed E-state index contributed by atoms with van der Waals surface area (Å²) in [4.78, 5) is 19.2. The van der Waals surface area contributed by atoms with Crippen molar-refractivity contribution in [2.75, 3.05) is 5.43 Å². The molecule has 110 valence electrons. The van der Waals surface area contributed by atoms with Gasteiger partial charge in [-0.15, -0.1) is 11.3 Å². The van der Waals surface area contributed by atoms with Crippen molar-refractivity contribution in [3.63, 3.8) is 0 Å². The molecule has 2 aromatic heterocycles. The van der Waals surface area contributed by atoms with Crippen LogP contribution in [0.4, 0.5) is 5.82 Å². The highest BCUT2D eigenvalue weighted by Crippen LogP contribution is 2.29. The van der Waals surface area contributed by atoms with Gasteiger partial charge in [-0.1, -0.05) is 12.1 Å². The number of anilines is 1. The molecule has 0 radical (unpaired) electrons. The van der Waals surface area contributed by atoms with Crippen LogP contribution in [0, 0.1) is 2.88 Å². The van der Waals surface area contributed by atoms with Gasteiger partial charge in [0.15, 0.2) is 5.82 Å². The number of carboxylic acid groups (broad SMARTS) is 1. The monoisotopic (exact) mass is 424 g/mol. The molecule has 0 aliphatic rings. The molecule has 3 rings (SSSR count). The van der Waals surface area contributed by atoms with Crippen LogP contribution < -0.4 is 5.43 Å². The van der Waals surface area contributed by atoms with E-state index in [0.717, 1.165) is 18.7 Å². The SMILES string of the molecule is O=C(O)c1ccc(/C=N/Nc2ncnc3cc(I)sc23)cc1. The number of aromatic carboxylic acids is 1. The van der Waals surface area contributed by atoms with Crippen molar-refractivity contribution >= 4 is 62.1 Å². The van der Waals surface area contributed by atoms with Gasteiger partial charge in [0.1, 0.15) is 6.33 Å². The molecule has 0 aliphatic heterocycles. The van der Waals surface area contributed by atoms with Crippen LogP contribution in [0.1, 0.15) is 15.9 Å². The molecule has 0 unspecified atom stereocenters. The molecule has 0 saturated heterocycles. The van der Waals surface area contributed by atoms with E-state index >= 15 is 0 Å². The van der Waals surface area contributed by atoms with Gasteiger partial charge in [0, 0.05) is 0 Å². The third-order valence-corrected chi connectivity index (χ3v) is 4.71. The second-order valence-electron chi connectivity index (χ2n) is 4.28. The number of carbonyl (C=O) groups is 1. The molecule has 22 heavy (non-hydrogen) atoms. The van der Waals surface area contributed by atoms with Crippen LogP contribution in [-0.2, 0) is 0 Å². The number of carboxylic acids is 1. The largest absolute Gasteiger partial charge is 0.478 e. The van der Waals surface area contributed by atoms with E-state index in [1.165, 1.54) is 18.5 Å². The molecule has 0 atom stereocenters. The summed E-state index contributed by atoms with van der Waals surface area (Å²) >= 11 is 3.83. The van der Waals surface area contributed by atoms with Gasteiger partial charge in [0.25, 0.3) is 0 Å². The lowest BCUT2D eigenvalue weighted by Gasteiger charge is -2.00. The summed E-state index contributed by atoms with van der Waals surface area (Å²) in [7, 11) is 0. The lowest BCUT2D eigenvalue weighted by atomic mass is 10.1. The van der Waals surface area contributed by atoms with E-state index in [-0.39, 0.29) is 5.56 Å². The van der Waals surface area contributed by atoms with Crippen LogP contribution in [0.2, 0.25) is 0 Å². The maximum Gasteiger partial charge on any atom is 0.335 e. The Balaban J connectivity index is 1.77. The summed E-state index contributed by atoms with van der Waals surface area (Å²) in [6.07, 6.45) is 3.10. The van der Waals surface area contributed by atoms with Crippen LogP contribution in [0.5, 0.6) is 0 Å². The van der Waals surface area contributed by atoms with Gasteiger partial charge in [0.2, 0.25) is 0 Å². The quantitative estimate of drug-likeness (QED) is 0.381. The standard InChI is InChI=1S/C14H9IN4O2S/c15-11-5-10-12(22-11)13(17-7-16-10)19-18-6-8-1-3-9(4-2-8)14(20)21/h1-7H,(H,20,21)(H,16,17,19)/b18-6+. The summed E-state index contributed by atoms with van der Waals surface area (Å²) in [5.74, 6) is -0.298. The number of hydrogen-bond donors (Lipinski definition) is 2. The molecule has 2 N–H and O–H groups in total. The first-order valence-electron chi connectivity index (χ1n) is 6.16. The molecule has 2 heterocycles. The zero-order chi connectivity index (χ0) is 15.5. The molecule has 0 fully saturated rings. The van der Waals surface area contributed by atoms with E-state index in [9.17, 15) is 4.79 Å². The Morgan fingerprint density at radius 2 is 2.09 bits per heavy atom. The molecular formula is C14H9IN4O2S. The van der Waals surface area contributed by atoms with Crippen molar-refractivity contribution in [2.45, 2.75) is 0 Å². The summed E-state index contributed by atoms with van der Waals surface area (Å²) in [5, 5.41) is 13.0. The van der Waals surface area contributed by atoms with E-state index in [1.54, 1.807) is 29.7 Å². The van der Waals surface area contributed by atoms with Crippen molar-refractivity contribution in [1.29, 1.82) is 0 Å². The number of nitrogens with zero attached hydrogens (tertiary/aromatic N) is 3. The van der Waals surface area contributed by atoms with E-state index in [1.807, 2.05) is 6.07 Å². The first-order valence-corrected chi connectivity index (χ1v) is 8.05. The van der Waals surface area contributed by atoms with Crippen LogP contribution >= 0.6 is 33.9 Å². The molecule has 0 spiro atoms. The van der Waals surface area contributed by atoms with Crippen LogP contribution in [0.15, 0.2) is 41.8 Å². The maximum absolute atomic E-state index is 10.8. The highest BCUT2D eigenvalue weighted by molar-refractivity contribution is 14.1. The second kappa shape index (κ2) is 6.36. The predicted molar refractivity (Wildman–Crippen MR) is 94.8 cm³/mol. The van der Waals surface area contributed by atoms with Gasteiger partial charge >= 0.3 is 5.97 Å². The fraction of sp³-hybridized carbons (Fsp3) is 0. The molecule has 8 heteroatoms. The van der Waals surface area contributed by atoms with E-state index < -0.39 is 5.97 Å². The number of halogens is 1. The average molecular weight is 424 g/mol. The van der Waals surface area contributed by atoms with Crippen molar-refractivity contribution in [3.8, 4) is 0 Å². The number of hydrogen-bond acceptors (Lipinski definition) is 6. The van der Waals surface area contributed by atoms with Crippen molar-refractivity contribution in [3.05, 3.63) is 50.7 Å². The molecule has 6 nitrogen and oxygen atoms in total. The lowest BCUT2D eigenvalue weighted by molar-refractivity contribution is 0.0697. The normalized spacial score (nSPS) is 11.1. The zero-order valence-electron chi connectivity index (χ0n) is 11.0. The van der Waals surface area contributed by atoms with Gasteiger partial charge in [-0.2, -0.15) is 5.10 Å². The number of thiophene rings is 1. The third kappa shape index (κ3) is 3.22. The molecule has 0 aliphatic carbocycles. The summed E-state index contributed by atoms with van der Waals surface area (Å²) in [5.41, 5.74) is 4.82. The van der Waals surface area contributed by atoms with Crippen LogP contribution in [-0.4, -0.2) is 27.3 Å². The third-order valence-electron chi connectivity index (χ3n) is 2.82.